The first-order chi connectivity index (χ1) is 14.4. The molecule has 0 radical (unpaired) electrons. The Kier molecular flexibility index (Phi) is 5.36. The summed E-state index contributed by atoms with van der Waals surface area (Å²) >= 11 is 6.11. The summed E-state index contributed by atoms with van der Waals surface area (Å²) in [4.78, 5) is 36.6. The fraction of sp³-hybridized carbons (Fsp3) is 0.348. The lowest BCUT2D eigenvalue weighted by molar-refractivity contribution is -0.138. The Bertz CT molecular complexity index is 1000. The van der Waals surface area contributed by atoms with Gasteiger partial charge in [0.1, 0.15) is 5.82 Å². The molecule has 1 aliphatic heterocycles. The Morgan fingerprint density at radius 2 is 1.97 bits per heavy atom. The molecule has 2 aromatic rings. The summed E-state index contributed by atoms with van der Waals surface area (Å²) in [6.45, 7) is 1.92. The number of amides is 3. The number of hydrogen-bond donors (Lipinski definition) is 2. The quantitative estimate of drug-likeness (QED) is 0.697. The molecular formula is C23H22ClFN2O3. The second-order valence-electron chi connectivity index (χ2n) is 7.96. The molecule has 0 bridgehead atoms. The van der Waals surface area contributed by atoms with E-state index in [0.717, 1.165) is 5.56 Å². The normalized spacial score (nSPS) is 25.6. The highest BCUT2D eigenvalue weighted by molar-refractivity contribution is 6.31. The summed E-state index contributed by atoms with van der Waals surface area (Å²) in [5.41, 5.74) is 1.08. The molecule has 0 aromatic heterocycles. The number of benzene rings is 2. The maximum absolute atomic E-state index is 14.1. The van der Waals surface area contributed by atoms with E-state index in [1.54, 1.807) is 24.3 Å². The highest BCUT2D eigenvalue weighted by Crippen LogP contribution is 2.51. The molecule has 0 unspecified atom stereocenters. The molecule has 1 heterocycles. The number of anilines is 1. The summed E-state index contributed by atoms with van der Waals surface area (Å²) in [7, 11) is 0. The summed E-state index contributed by atoms with van der Waals surface area (Å²) in [5, 5.41) is 5.63. The van der Waals surface area contributed by atoms with Gasteiger partial charge in [-0.15, -0.1) is 0 Å². The van der Waals surface area contributed by atoms with Crippen molar-refractivity contribution in [1.82, 2.24) is 5.32 Å². The lowest BCUT2D eigenvalue weighted by atomic mass is 9.72. The van der Waals surface area contributed by atoms with Crippen molar-refractivity contribution in [1.29, 1.82) is 0 Å². The molecule has 0 spiro atoms. The maximum atomic E-state index is 14.1. The van der Waals surface area contributed by atoms with Crippen LogP contribution in [0.25, 0.3) is 0 Å². The smallest absolute Gasteiger partial charge is 0.237 e. The van der Waals surface area contributed by atoms with Gasteiger partial charge in [-0.3, -0.25) is 19.7 Å². The number of rotatable bonds is 5. The zero-order valence-electron chi connectivity index (χ0n) is 16.5. The molecular weight excluding hydrogens is 407 g/mol. The van der Waals surface area contributed by atoms with E-state index in [-0.39, 0.29) is 35.4 Å². The molecule has 2 aliphatic rings. The largest absolute Gasteiger partial charge is 0.326 e. The third kappa shape index (κ3) is 3.60. The van der Waals surface area contributed by atoms with E-state index in [4.69, 9.17) is 11.6 Å². The molecule has 4 rings (SSSR count). The van der Waals surface area contributed by atoms with E-state index in [1.807, 2.05) is 19.1 Å². The molecule has 5 nitrogen and oxygen atoms in total. The first-order valence-corrected chi connectivity index (χ1v) is 10.4. The Morgan fingerprint density at radius 3 is 2.60 bits per heavy atom. The van der Waals surface area contributed by atoms with Crippen LogP contribution in [0.1, 0.15) is 49.7 Å². The first kappa shape index (κ1) is 20.5. The Morgan fingerprint density at radius 1 is 1.23 bits per heavy atom. The third-order valence-electron chi connectivity index (χ3n) is 6.27. The molecule has 2 fully saturated rings. The fourth-order valence-corrected chi connectivity index (χ4v) is 4.65. The molecule has 2 N–H and O–H groups in total. The minimum absolute atomic E-state index is 0.182. The van der Waals surface area contributed by atoms with E-state index < -0.39 is 5.41 Å². The summed E-state index contributed by atoms with van der Waals surface area (Å²) in [6.07, 6.45) is 1.90. The van der Waals surface area contributed by atoms with Gasteiger partial charge in [0.25, 0.3) is 0 Å². The molecule has 30 heavy (non-hydrogen) atoms. The highest BCUT2D eigenvalue weighted by atomic mass is 35.5. The van der Waals surface area contributed by atoms with Crippen molar-refractivity contribution in [2.75, 3.05) is 5.32 Å². The minimum atomic E-state index is -0.736. The lowest BCUT2D eigenvalue weighted by Crippen LogP contribution is -2.51. The van der Waals surface area contributed by atoms with Crippen LogP contribution in [0.3, 0.4) is 0 Å². The summed E-state index contributed by atoms with van der Waals surface area (Å²) < 4.78 is 14.1. The number of nitrogens with one attached hydrogen (secondary N) is 2. The molecule has 1 saturated heterocycles. The van der Waals surface area contributed by atoms with Gasteiger partial charge < -0.3 is 5.32 Å². The number of piperidine rings is 1. The van der Waals surface area contributed by atoms with Crippen LogP contribution in [0.5, 0.6) is 0 Å². The van der Waals surface area contributed by atoms with Gasteiger partial charge >= 0.3 is 0 Å². The second kappa shape index (κ2) is 7.84. The third-order valence-corrected chi connectivity index (χ3v) is 6.60. The number of imide groups is 1. The predicted molar refractivity (Wildman–Crippen MR) is 112 cm³/mol. The van der Waals surface area contributed by atoms with Gasteiger partial charge in [0.05, 0.1) is 5.41 Å². The van der Waals surface area contributed by atoms with E-state index in [9.17, 15) is 18.8 Å². The van der Waals surface area contributed by atoms with E-state index in [2.05, 4.69) is 10.6 Å². The van der Waals surface area contributed by atoms with Crippen LogP contribution in [-0.2, 0) is 19.8 Å². The number of carbonyl (C=O) groups excluding carboxylic acids is 3. The lowest BCUT2D eigenvalue weighted by Gasteiger charge is -2.35. The average molecular weight is 429 g/mol. The van der Waals surface area contributed by atoms with Gasteiger partial charge in [-0.1, -0.05) is 36.7 Å². The first-order valence-electron chi connectivity index (χ1n) is 10.1. The molecule has 2 aromatic carbocycles. The van der Waals surface area contributed by atoms with Gasteiger partial charge in [0.2, 0.25) is 17.7 Å². The molecule has 1 aliphatic carbocycles. The highest BCUT2D eigenvalue weighted by Gasteiger charge is 2.46. The van der Waals surface area contributed by atoms with Crippen molar-refractivity contribution in [3.05, 3.63) is 64.4 Å². The van der Waals surface area contributed by atoms with Crippen LogP contribution in [0.15, 0.2) is 42.5 Å². The summed E-state index contributed by atoms with van der Waals surface area (Å²) in [6, 6.07) is 11.7. The SMILES string of the molecule is CC[C@]1(c2ccc(NC(=O)[C@H]3C[C@@H]3c3c(F)cccc3Cl)cc2)CCC(=O)NC1=O. The van der Waals surface area contributed by atoms with Crippen molar-refractivity contribution >= 4 is 35.0 Å². The van der Waals surface area contributed by atoms with Crippen molar-refractivity contribution in [3.63, 3.8) is 0 Å². The van der Waals surface area contributed by atoms with Crippen molar-refractivity contribution < 1.29 is 18.8 Å². The van der Waals surface area contributed by atoms with Gasteiger partial charge in [-0.25, -0.2) is 4.39 Å². The Labute approximate surface area is 179 Å². The fourth-order valence-electron chi connectivity index (χ4n) is 4.34. The minimum Gasteiger partial charge on any atom is -0.326 e. The van der Waals surface area contributed by atoms with E-state index >= 15 is 0 Å². The van der Waals surface area contributed by atoms with Gasteiger partial charge in [0, 0.05) is 34.5 Å². The zero-order chi connectivity index (χ0) is 21.5. The van der Waals surface area contributed by atoms with Crippen LogP contribution in [0.2, 0.25) is 5.02 Å². The van der Waals surface area contributed by atoms with Gasteiger partial charge in [-0.2, -0.15) is 0 Å². The van der Waals surface area contributed by atoms with Crippen LogP contribution < -0.4 is 10.6 Å². The number of hydrogen-bond acceptors (Lipinski definition) is 3. The Hall–Kier alpha value is -2.73. The summed E-state index contributed by atoms with van der Waals surface area (Å²) in [5.74, 6) is -1.64. The van der Waals surface area contributed by atoms with Crippen LogP contribution in [-0.4, -0.2) is 17.7 Å². The molecule has 3 amide bonds. The number of carbonyl (C=O) groups is 3. The van der Waals surface area contributed by atoms with Crippen molar-refractivity contribution in [2.24, 2.45) is 5.92 Å². The topological polar surface area (TPSA) is 75.3 Å². The van der Waals surface area contributed by atoms with Crippen LogP contribution >= 0.6 is 11.6 Å². The van der Waals surface area contributed by atoms with E-state index in [1.165, 1.54) is 6.07 Å². The second-order valence-corrected chi connectivity index (χ2v) is 8.37. The predicted octanol–water partition coefficient (Wildman–Crippen LogP) is 4.31. The van der Waals surface area contributed by atoms with Gasteiger partial charge in [-0.05, 0) is 49.1 Å². The molecule has 3 atom stereocenters. The van der Waals surface area contributed by atoms with Crippen LogP contribution in [0, 0.1) is 11.7 Å². The van der Waals surface area contributed by atoms with Gasteiger partial charge in [0.15, 0.2) is 0 Å². The maximum Gasteiger partial charge on any atom is 0.237 e. The molecule has 7 heteroatoms. The van der Waals surface area contributed by atoms with Crippen molar-refractivity contribution in [2.45, 2.75) is 43.9 Å². The standard InChI is InChI=1S/C23H22ClFN2O3/c1-2-23(11-10-19(28)27-22(23)30)13-6-8-14(9-7-13)26-21(29)16-12-15(16)20-17(24)4-3-5-18(20)25/h3-9,15-16H,2,10-12H2,1H3,(H,26,29)(H,27,28,30)/t15-,16-,23+/m0/s1. The Balaban J connectivity index is 1.45. The van der Waals surface area contributed by atoms with E-state index in [0.29, 0.717) is 42.0 Å². The zero-order valence-corrected chi connectivity index (χ0v) is 17.3. The average Bonchev–Trinajstić information content (AvgIpc) is 3.50. The van der Waals surface area contributed by atoms with Crippen molar-refractivity contribution in [3.8, 4) is 0 Å². The molecule has 1 saturated carbocycles. The monoisotopic (exact) mass is 428 g/mol. The number of halogens is 2. The molecule has 156 valence electrons. The van der Waals surface area contributed by atoms with Crippen LogP contribution in [0.4, 0.5) is 10.1 Å².